The standard InChI is InChI=1S/C35H36F3N3O2/c1-5-40(6-2)24-18-16-22(17-19-24)29-30-27(20-34(3,4)21-28(30)42)41(26-15-11-10-14-25(26)35(36,37)38)33(39)31(29)32(43)23-12-8-7-9-13-23/h7-19,29,39,43H,5-6,20-21H2,1-4H3/b32-31+,39-33?/t29-/m0/s1. The van der Waals surface area contributed by atoms with Crippen molar-refractivity contribution in [1.82, 2.24) is 0 Å². The molecule has 1 aliphatic carbocycles. The number of aliphatic hydroxyl groups excluding tert-OH is 1. The molecule has 5 rings (SSSR count). The van der Waals surface area contributed by atoms with Crippen molar-refractivity contribution in [2.75, 3.05) is 22.9 Å². The van der Waals surface area contributed by atoms with Crippen molar-refractivity contribution in [2.45, 2.75) is 52.6 Å². The minimum atomic E-state index is -4.70. The van der Waals surface area contributed by atoms with Gasteiger partial charge in [-0.3, -0.25) is 15.1 Å². The predicted octanol–water partition coefficient (Wildman–Crippen LogP) is 8.75. The third-order valence-corrected chi connectivity index (χ3v) is 8.33. The topological polar surface area (TPSA) is 67.6 Å². The maximum Gasteiger partial charge on any atom is 0.418 e. The summed E-state index contributed by atoms with van der Waals surface area (Å²) in [5, 5.41) is 21.3. The highest BCUT2D eigenvalue weighted by Gasteiger charge is 2.48. The van der Waals surface area contributed by atoms with Gasteiger partial charge in [0.1, 0.15) is 11.6 Å². The first-order valence-corrected chi connectivity index (χ1v) is 14.5. The summed E-state index contributed by atoms with van der Waals surface area (Å²) in [5.41, 5.74) is 1.15. The molecule has 1 heterocycles. The van der Waals surface area contributed by atoms with E-state index in [2.05, 4.69) is 18.7 Å². The highest BCUT2D eigenvalue weighted by atomic mass is 19.4. The van der Waals surface area contributed by atoms with Crippen LogP contribution in [0.4, 0.5) is 24.5 Å². The lowest BCUT2D eigenvalue weighted by Gasteiger charge is -2.45. The van der Waals surface area contributed by atoms with Crippen molar-refractivity contribution in [3.63, 3.8) is 0 Å². The molecule has 3 aromatic carbocycles. The fourth-order valence-corrected chi connectivity index (χ4v) is 6.34. The fraction of sp³-hybridized carbons (Fsp3) is 0.314. The third-order valence-electron chi connectivity index (χ3n) is 8.33. The third kappa shape index (κ3) is 5.58. The van der Waals surface area contributed by atoms with Crippen LogP contribution in [-0.4, -0.2) is 29.8 Å². The van der Waals surface area contributed by atoms with Crippen molar-refractivity contribution in [3.05, 3.63) is 112 Å². The Morgan fingerprint density at radius 2 is 1.56 bits per heavy atom. The number of rotatable bonds is 6. The smallest absolute Gasteiger partial charge is 0.418 e. The number of carbonyl (C=O) groups is 1. The van der Waals surface area contributed by atoms with Gasteiger partial charge in [-0.15, -0.1) is 0 Å². The molecule has 8 heteroatoms. The van der Waals surface area contributed by atoms with Crippen LogP contribution in [0, 0.1) is 10.8 Å². The Balaban J connectivity index is 1.84. The van der Waals surface area contributed by atoms with E-state index in [9.17, 15) is 28.5 Å². The molecular weight excluding hydrogens is 551 g/mol. The number of benzene rings is 3. The Hall–Kier alpha value is -4.33. The summed E-state index contributed by atoms with van der Waals surface area (Å²) in [6.45, 7) is 9.55. The number of nitrogens with one attached hydrogen (secondary N) is 1. The molecule has 0 unspecified atom stereocenters. The van der Waals surface area contributed by atoms with Crippen molar-refractivity contribution in [1.29, 1.82) is 5.41 Å². The highest BCUT2D eigenvalue weighted by molar-refractivity contribution is 6.20. The van der Waals surface area contributed by atoms with E-state index < -0.39 is 23.1 Å². The summed E-state index contributed by atoms with van der Waals surface area (Å²) in [7, 11) is 0. The largest absolute Gasteiger partial charge is 0.507 e. The zero-order valence-corrected chi connectivity index (χ0v) is 24.8. The molecule has 1 aliphatic heterocycles. The van der Waals surface area contributed by atoms with Gasteiger partial charge in [-0.05, 0) is 55.5 Å². The van der Waals surface area contributed by atoms with Crippen molar-refractivity contribution in [2.24, 2.45) is 5.41 Å². The lowest BCUT2D eigenvalue weighted by atomic mass is 9.67. The molecule has 3 aromatic rings. The molecule has 0 spiro atoms. The van der Waals surface area contributed by atoms with E-state index in [1.165, 1.54) is 23.1 Å². The van der Waals surface area contributed by atoms with E-state index in [4.69, 9.17) is 0 Å². The molecule has 2 aliphatic rings. The van der Waals surface area contributed by atoms with Crippen molar-refractivity contribution >= 4 is 28.8 Å². The monoisotopic (exact) mass is 587 g/mol. The molecule has 0 aromatic heterocycles. The lowest BCUT2D eigenvalue weighted by molar-refractivity contribution is -0.137. The molecule has 0 saturated heterocycles. The molecule has 5 nitrogen and oxygen atoms in total. The molecule has 0 bridgehead atoms. The average Bonchev–Trinajstić information content (AvgIpc) is 2.97. The maximum absolute atomic E-state index is 14.4. The second-order valence-electron chi connectivity index (χ2n) is 11.8. The Labute approximate surface area is 250 Å². The number of hydrogen-bond donors (Lipinski definition) is 2. The van der Waals surface area contributed by atoms with Gasteiger partial charge in [-0.1, -0.05) is 68.4 Å². The number of hydrogen-bond acceptors (Lipinski definition) is 4. The van der Waals surface area contributed by atoms with Gasteiger partial charge >= 0.3 is 6.18 Å². The second-order valence-corrected chi connectivity index (χ2v) is 11.8. The van der Waals surface area contributed by atoms with Crippen LogP contribution in [0.25, 0.3) is 5.76 Å². The maximum atomic E-state index is 14.4. The number of Topliss-reactive ketones (excluding diaryl/α,β-unsaturated/α-hetero) is 1. The number of ketones is 1. The van der Waals surface area contributed by atoms with Crippen LogP contribution in [-0.2, 0) is 11.0 Å². The molecule has 2 N–H and O–H groups in total. The van der Waals surface area contributed by atoms with Crippen LogP contribution >= 0.6 is 0 Å². The van der Waals surface area contributed by atoms with Crippen LogP contribution in [0.15, 0.2) is 95.7 Å². The zero-order valence-electron chi connectivity index (χ0n) is 24.8. The normalized spacial score (nSPS) is 19.8. The van der Waals surface area contributed by atoms with E-state index in [1.807, 2.05) is 38.1 Å². The van der Waals surface area contributed by atoms with Gasteiger partial charge in [0.25, 0.3) is 0 Å². The Morgan fingerprint density at radius 3 is 2.16 bits per heavy atom. The number of allylic oxidation sites excluding steroid dienone is 2. The van der Waals surface area contributed by atoms with Crippen LogP contribution in [0.5, 0.6) is 0 Å². The quantitative estimate of drug-likeness (QED) is 0.283. The summed E-state index contributed by atoms with van der Waals surface area (Å²) >= 11 is 0. The van der Waals surface area contributed by atoms with Gasteiger partial charge in [0, 0.05) is 53.5 Å². The molecule has 0 amide bonds. The van der Waals surface area contributed by atoms with E-state index >= 15 is 0 Å². The first-order chi connectivity index (χ1) is 20.4. The molecule has 224 valence electrons. The van der Waals surface area contributed by atoms with Gasteiger partial charge in [0.15, 0.2) is 5.78 Å². The minimum Gasteiger partial charge on any atom is -0.507 e. The van der Waals surface area contributed by atoms with Gasteiger partial charge in [0.2, 0.25) is 0 Å². The number of anilines is 2. The first-order valence-electron chi connectivity index (χ1n) is 14.5. The van der Waals surface area contributed by atoms with Gasteiger partial charge < -0.3 is 10.0 Å². The number of amidine groups is 1. The minimum absolute atomic E-state index is 0.0885. The Bertz CT molecular complexity index is 1600. The van der Waals surface area contributed by atoms with Crippen LogP contribution in [0.2, 0.25) is 0 Å². The highest BCUT2D eigenvalue weighted by Crippen LogP contribution is 2.52. The molecule has 0 saturated carbocycles. The van der Waals surface area contributed by atoms with Gasteiger partial charge in [-0.25, -0.2) is 0 Å². The molecule has 0 fully saturated rings. The number of aliphatic hydroxyl groups is 1. The summed E-state index contributed by atoms with van der Waals surface area (Å²) in [6, 6.07) is 21.4. The fourth-order valence-electron chi connectivity index (χ4n) is 6.34. The summed E-state index contributed by atoms with van der Waals surface area (Å²) in [6.07, 6.45) is -4.22. The molecule has 1 atom stereocenters. The van der Waals surface area contributed by atoms with E-state index in [1.54, 1.807) is 30.3 Å². The summed E-state index contributed by atoms with van der Waals surface area (Å²) < 4.78 is 43.1. The summed E-state index contributed by atoms with van der Waals surface area (Å²) in [4.78, 5) is 17.5. The van der Waals surface area contributed by atoms with Crippen molar-refractivity contribution < 1.29 is 23.1 Å². The molecule has 0 radical (unpaired) electrons. The Morgan fingerprint density at radius 1 is 0.953 bits per heavy atom. The number of halogens is 3. The molecular formula is C35H36F3N3O2. The number of carbonyl (C=O) groups excluding carboxylic acids is 1. The first kappa shape index (κ1) is 30.1. The SMILES string of the molecule is CCN(CC)c1ccc([C@H]2C3=C(CC(C)(C)CC3=O)N(c3ccccc3C(F)(F)F)C(=N)/C2=C(/O)c2ccccc2)cc1. The predicted molar refractivity (Wildman–Crippen MR) is 165 cm³/mol. The van der Waals surface area contributed by atoms with Crippen LogP contribution in [0.3, 0.4) is 0 Å². The van der Waals surface area contributed by atoms with Crippen molar-refractivity contribution in [3.8, 4) is 0 Å². The van der Waals surface area contributed by atoms with Crippen LogP contribution in [0.1, 0.15) is 63.1 Å². The van der Waals surface area contributed by atoms with E-state index in [0.717, 1.165) is 24.8 Å². The lowest BCUT2D eigenvalue weighted by Crippen LogP contribution is -2.45. The van der Waals surface area contributed by atoms with Gasteiger partial charge in [-0.2, -0.15) is 13.2 Å². The zero-order chi connectivity index (χ0) is 31.1. The van der Waals surface area contributed by atoms with Crippen LogP contribution < -0.4 is 9.80 Å². The number of alkyl halides is 3. The van der Waals surface area contributed by atoms with Gasteiger partial charge in [0.05, 0.1) is 11.3 Å². The van der Waals surface area contributed by atoms with E-state index in [-0.39, 0.29) is 41.5 Å². The number of nitrogens with zero attached hydrogens (tertiary/aromatic N) is 2. The Kier molecular flexibility index (Phi) is 7.99. The van der Waals surface area contributed by atoms with E-state index in [0.29, 0.717) is 22.4 Å². The second kappa shape index (κ2) is 11.4. The summed E-state index contributed by atoms with van der Waals surface area (Å²) in [5.74, 6) is -1.59. The number of para-hydroxylation sites is 1. The average molecular weight is 588 g/mol. The molecule has 43 heavy (non-hydrogen) atoms.